The Bertz CT molecular complexity index is 454. The van der Waals surface area contributed by atoms with Crippen LogP contribution in [-0.2, 0) is 12.8 Å². The molecule has 0 saturated carbocycles. The van der Waals surface area contributed by atoms with Crippen molar-refractivity contribution >= 4 is 17.6 Å². The molecule has 5 heteroatoms. The second kappa shape index (κ2) is 9.60. The van der Waals surface area contributed by atoms with Crippen LogP contribution in [0.4, 0.5) is 5.82 Å². The molecule has 0 aliphatic rings. The Labute approximate surface area is 126 Å². The van der Waals surface area contributed by atoms with E-state index >= 15 is 0 Å². The SMILES string of the molecule is CCc1nnc(NCCCCCSC)c(C#N)c1CC. The molecule has 0 radical (unpaired) electrons. The zero-order chi connectivity index (χ0) is 14.8. The third-order valence-corrected chi connectivity index (χ3v) is 3.97. The predicted octanol–water partition coefficient (Wildman–Crippen LogP) is 3.42. The maximum absolute atomic E-state index is 9.36. The Morgan fingerprint density at radius 2 is 1.95 bits per heavy atom. The molecule has 1 rings (SSSR count). The second-order valence-electron chi connectivity index (χ2n) is 4.65. The molecule has 0 spiro atoms. The summed E-state index contributed by atoms with van der Waals surface area (Å²) in [6.45, 7) is 4.96. The maximum Gasteiger partial charge on any atom is 0.166 e. The van der Waals surface area contributed by atoms with Gasteiger partial charge < -0.3 is 5.32 Å². The fourth-order valence-corrected chi connectivity index (χ4v) is 2.66. The van der Waals surface area contributed by atoms with Crippen molar-refractivity contribution in [3.63, 3.8) is 0 Å². The van der Waals surface area contributed by atoms with Gasteiger partial charge in [0.1, 0.15) is 11.6 Å². The molecule has 0 aromatic carbocycles. The summed E-state index contributed by atoms with van der Waals surface area (Å²) in [5.41, 5.74) is 2.65. The third-order valence-electron chi connectivity index (χ3n) is 3.28. The van der Waals surface area contributed by atoms with Gasteiger partial charge in [-0.3, -0.25) is 0 Å². The van der Waals surface area contributed by atoms with Gasteiger partial charge in [0, 0.05) is 6.54 Å². The first-order valence-electron chi connectivity index (χ1n) is 7.29. The molecule has 4 nitrogen and oxygen atoms in total. The quantitative estimate of drug-likeness (QED) is 0.707. The molecular weight excluding hydrogens is 268 g/mol. The zero-order valence-electron chi connectivity index (χ0n) is 12.7. The predicted molar refractivity (Wildman–Crippen MR) is 86.2 cm³/mol. The summed E-state index contributed by atoms with van der Waals surface area (Å²) in [6.07, 6.45) is 7.33. The fourth-order valence-electron chi connectivity index (χ4n) is 2.17. The van der Waals surface area contributed by atoms with Gasteiger partial charge in [0.15, 0.2) is 5.82 Å². The molecule has 20 heavy (non-hydrogen) atoms. The highest BCUT2D eigenvalue weighted by Crippen LogP contribution is 2.19. The van der Waals surface area contributed by atoms with Crippen molar-refractivity contribution < 1.29 is 0 Å². The molecular formula is C15H24N4S. The van der Waals surface area contributed by atoms with Crippen molar-refractivity contribution in [1.82, 2.24) is 10.2 Å². The Morgan fingerprint density at radius 3 is 2.55 bits per heavy atom. The molecule has 0 amide bonds. The second-order valence-corrected chi connectivity index (χ2v) is 5.63. The van der Waals surface area contributed by atoms with E-state index in [4.69, 9.17) is 0 Å². The zero-order valence-corrected chi connectivity index (χ0v) is 13.5. The van der Waals surface area contributed by atoms with E-state index in [1.807, 2.05) is 18.7 Å². The van der Waals surface area contributed by atoms with Gasteiger partial charge >= 0.3 is 0 Å². The van der Waals surface area contributed by atoms with E-state index in [-0.39, 0.29) is 0 Å². The molecule has 0 aliphatic carbocycles. The average Bonchev–Trinajstić information content (AvgIpc) is 2.49. The number of hydrogen-bond acceptors (Lipinski definition) is 5. The Kier molecular flexibility index (Phi) is 8.05. The van der Waals surface area contributed by atoms with E-state index in [0.29, 0.717) is 11.4 Å². The molecule has 0 atom stereocenters. The first-order valence-corrected chi connectivity index (χ1v) is 8.69. The number of anilines is 1. The number of nitriles is 1. The van der Waals surface area contributed by atoms with Crippen LogP contribution in [0.2, 0.25) is 0 Å². The summed E-state index contributed by atoms with van der Waals surface area (Å²) in [6, 6.07) is 2.28. The molecule has 1 heterocycles. The number of unbranched alkanes of at least 4 members (excludes halogenated alkanes) is 2. The average molecular weight is 292 g/mol. The van der Waals surface area contributed by atoms with Gasteiger partial charge in [-0.25, -0.2) is 0 Å². The van der Waals surface area contributed by atoms with Gasteiger partial charge in [-0.2, -0.15) is 22.1 Å². The number of nitrogens with zero attached hydrogens (tertiary/aromatic N) is 3. The molecule has 1 N–H and O–H groups in total. The van der Waals surface area contributed by atoms with Crippen LogP contribution in [0.5, 0.6) is 0 Å². The summed E-state index contributed by atoms with van der Waals surface area (Å²) in [5, 5.41) is 21.0. The maximum atomic E-state index is 9.36. The third kappa shape index (κ3) is 4.68. The number of aromatic nitrogens is 2. The van der Waals surface area contributed by atoms with E-state index in [0.717, 1.165) is 37.1 Å². The fraction of sp³-hybridized carbons (Fsp3) is 0.667. The van der Waals surface area contributed by atoms with Gasteiger partial charge in [-0.1, -0.05) is 20.3 Å². The van der Waals surface area contributed by atoms with Gasteiger partial charge in [0.05, 0.1) is 5.69 Å². The number of hydrogen-bond donors (Lipinski definition) is 1. The van der Waals surface area contributed by atoms with Crippen molar-refractivity contribution in [1.29, 1.82) is 5.26 Å². The molecule has 1 aromatic rings. The van der Waals surface area contributed by atoms with Crippen LogP contribution in [-0.4, -0.2) is 28.8 Å². The van der Waals surface area contributed by atoms with E-state index in [1.165, 1.54) is 18.6 Å². The minimum atomic E-state index is 0.645. The van der Waals surface area contributed by atoms with Crippen LogP contribution >= 0.6 is 11.8 Å². The molecule has 1 aromatic heterocycles. The van der Waals surface area contributed by atoms with Crippen LogP contribution < -0.4 is 5.32 Å². The van der Waals surface area contributed by atoms with Crippen LogP contribution in [0.1, 0.15) is 49.9 Å². The van der Waals surface area contributed by atoms with E-state index in [2.05, 4.69) is 34.8 Å². The largest absolute Gasteiger partial charge is 0.367 e. The van der Waals surface area contributed by atoms with Gasteiger partial charge in [0.2, 0.25) is 0 Å². The van der Waals surface area contributed by atoms with Gasteiger partial charge in [-0.05, 0) is 43.3 Å². The first kappa shape index (κ1) is 16.8. The van der Waals surface area contributed by atoms with Crippen molar-refractivity contribution in [3.8, 4) is 6.07 Å². The molecule has 110 valence electrons. The number of thioether (sulfide) groups is 1. The van der Waals surface area contributed by atoms with Crippen LogP contribution in [0.25, 0.3) is 0 Å². The summed E-state index contributed by atoms with van der Waals surface area (Å²) >= 11 is 1.89. The Morgan fingerprint density at radius 1 is 1.15 bits per heavy atom. The monoisotopic (exact) mass is 292 g/mol. The summed E-state index contributed by atoms with van der Waals surface area (Å²) < 4.78 is 0. The highest BCUT2D eigenvalue weighted by molar-refractivity contribution is 7.98. The standard InChI is InChI=1S/C15H24N4S/c1-4-12-13(11-16)15(19-18-14(12)5-2)17-9-7-6-8-10-20-3/h4-10H2,1-3H3,(H,17,19). The number of aryl methyl sites for hydroxylation is 1. The summed E-state index contributed by atoms with van der Waals surface area (Å²) in [7, 11) is 0. The van der Waals surface area contributed by atoms with E-state index in [9.17, 15) is 5.26 Å². The number of rotatable bonds is 9. The van der Waals surface area contributed by atoms with Crippen molar-refractivity contribution in [2.75, 3.05) is 23.9 Å². The molecule has 0 saturated heterocycles. The summed E-state index contributed by atoms with van der Waals surface area (Å²) in [4.78, 5) is 0. The smallest absolute Gasteiger partial charge is 0.166 e. The Hall–Kier alpha value is -1.28. The van der Waals surface area contributed by atoms with E-state index in [1.54, 1.807) is 0 Å². The first-order chi connectivity index (χ1) is 9.78. The van der Waals surface area contributed by atoms with E-state index < -0.39 is 0 Å². The van der Waals surface area contributed by atoms with Gasteiger partial charge in [0.25, 0.3) is 0 Å². The molecule has 0 bridgehead atoms. The van der Waals surface area contributed by atoms with Crippen LogP contribution in [0, 0.1) is 11.3 Å². The highest BCUT2D eigenvalue weighted by atomic mass is 32.2. The lowest BCUT2D eigenvalue weighted by Gasteiger charge is -2.11. The Balaban J connectivity index is 2.64. The van der Waals surface area contributed by atoms with Crippen LogP contribution in [0.3, 0.4) is 0 Å². The normalized spacial score (nSPS) is 10.3. The van der Waals surface area contributed by atoms with Gasteiger partial charge in [-0.15, -0.1) is 5.10 Å². The van der Waals surface area contributed by atoms with Crippen molar-refractivity contribution in [3.05, 3.63) is 16.8 Å². The molecule has 0 aliphatic heterocycles. The molecule has 0 unspecified atom stereocenters. The number of nitrogens with one attached hydrogen (secondary N) is 1. The van der Waals surface area contributed by atoms with Crippen molar-refractivity contribution in [2.45, 2.75) is 46.0 Å². The lowest BCUT2D eigenvalue weighted by molar-refractivity contribution is 0.745. The van der Waals surface area contributed by atoms with Crippen molar-refractivity contribution in [2.24, 2.45) is 0 Å². The molecule has 0 fully saturated rings. The lowest BCUT2D eigenvalue weighted by Crippen LogP contribution is -2.11. The minimum absolute atomic E-state index is 0.645. The topological polar surface area (TPSA) is 61.6 Å². The highest BCUT2D eigenvalue weighted by Gasteiger charge is 2.13. The lowest BCUT2D eigenvalue weighted by atomic mass is 10.0. The van der Waals surface area contributed by atoms with Crippen LogP contribution in [0.15, 0.2) is 0 Å². The minimum Gasteiger partial charge on any atom is -0.367 e. The summed E-state index contributed by atoms with van der Waals surface area (Å²) in [5.74, 6) is 1.86.